The Kier molecular flexibility index (Phi) is 6.36. The fraction of sp³-hybridized carbons (Fsp3) is 0.533. The predicted molar refractivity (Wildman–Crippen MR) is 82.4 cm³/mol. The highest BCUT2D eigenvalue weighted by molar-refractivity contribution is 7.99. The summed E-state index contributed by atoms with van der Waals surface area (Å²) in [6.07, 6.45) is 0. The fourth-order valence-corrected chi connectivity index (χ4v) is 2.99. The van der Waals surface area contributed by atoms with Gasteiger partial charge < -0.3 is 10.1 Å². The lowest BCUT2D eigenvalue weighted by Crippen LogP contribution is -2.41. The Morgan fingerprint density at radius 2 is 2.10 bits per heavy atom. The molecular formula is C15H22N2O2S. The van der Waals surface area contributed by atoms with Gasteiger partial charge in [0, 0.05) is 31.1 Å². The average Bonchev–Trinajstić information content (AvgIpc) is 2.49. The molecule has 110 valence electrons. The minimum absolute atomic E-state index is 0.0230. The van der Waals surface area contributed by atoms with E-state index in [4.69, 9.17) is 4.74 Å². The molecule has 0 aromatic heterocycles. The molecule has 0 unspecified atom stereocenters. The number of hydrogen-bond acceptors (Lipinski definition) is 4. The van der Waals surface area contributed by atoms with Crippen LogP contribution in [-0.2, 0) is 4.74 Å². The van der Waals surface area contributed by atoms with Crippen LogP contribution in [0.1, 0.15) is 17.3 Å². The molecule has 0 saturated carbocycles. The van der Waals surface area contributed by atoms with Crippen LogP contribution in [0.25, 0.3) is 0 Å². The zero-order valence-corrected chi connectivity index (χ0v) is 12.7. The van der Waals surface area contributed by atoms with Crippen LogP contribution in [0.5, 0.6) is 0 Å². The molecule has 0 bridgehead atoms. The number of carbonyl (C=O) groups is 1. The van der Waals surface area contributed by atoms with Crippen molar-refractivity contribution in [3.8, 4) is 0 Å². The molecule has 0 radical (unpaired) electrons. The van der Waals surface area contributed by atoms with Crippen molar-refractivity contribution in [3.05, 3.63) is 29.8 Å². The topological polar surface area (TPSA) is 41.6 Å². The van der Waals surface area contributed by atoms with Crippen LogP contribution in [-0.4, -0.2) is 56.0 Å². The van der Waals surface area contributed by atoms with Crippen molar-refractivity contribution in [3.63, 3.8) is 0 Å². The molecular weight excluding hydrogens is 272 g/mol. The summed E-state index contributed by atoms with van der Waals surface area (Å²) in [5, 5.41) is 3.01. The lowest BCUT2D eigenvalue weighted by atomic mass is 10.2. The maximum absolute atomic E-state index is 12.2. The lowest BCUT2D eigenvalue weighted by molar-refractivity contribution is 0.0383. The highest BCUT2D eigenvalue weighted by Crippen LogP contribution is 2.21. The van der Waals surface area contributed by atoms with Gasteiger partial charge in [0.05, 0.1) is 18.8 Å². The number of hydrogen-bond donors (Lipinski definition) is 1. The number of nitrogens with zero attached hydrogens (tertiary/aromatic N) is 1. The Balaban J connectivity index is 1.82. The maximum atomic E-state index is 12.2. The van der Waals surface area contributed by atoms with E-state index in [0.717, 1.165) is 49.1 Å². The van der Waals surface area contributed by atoms with Crippen molar-refractivity contribution in [2.45, 2.75) is 11.8 Å². The van der Waals surface area contributed by atoms with Gasteiger partial charge in [0.25, 0.3) is 5.91 Å². The van der Waals surface area contributed by atoms with Gasteiger partial charge in [-0.15, -0.1) is 11.8 Å². The van der Waals surface area contributed by atoms with Crippen molar-refractivity contribution < 1.29 is 9.53 Å². The van der Waals surface area contributed by atoms with E-state index in [2.05, 4.69) is 17.1 Å². The zero-order valence-electron chi connectivity index (χ0n) is 11.9. The molecule has 1 aromatic rings. The van der Waals surface area contributed by atoms with Gasteiger partial charge in [-0.25, -0.2) is 0 Å². The highest BCUT2D eigenvalue weighted by Gasteiger charge is 2.12. The molecule has 1 heterocycles. The van der Waals surface area contributed by atoms with E-state index in [9.17, 15) is 4.79 Å². The van der Waals surface area contributed by atoms with E-state index in [-0.39, 0.29) is 5.91 Å². The standard InChI is InChI=1S/C15H22N2O2S/c1-2-20-14-6-4-3-5-13(14)15(18)16-7-8-17-9-11-19-12-10-17/h3-6H,2,7-12H2,1H3,(H,16,18). The quantitative estimate of drug-likeness (QED) is 0.813. The summed E-state index contributed by atoms with van der Waals surface area (Å²) in [6.45, 7) is 7.17. The van der Waals surface area contributed by atoms with Crippen molar-refractivity contribution in [1.29, 1.82) is 0 Å². The van der Waals surface area contributed by atoms with Crippen LogP contribution < -0.4 is 5.32 Å². The normalized spacial score (nSPS) is 16.1. The van der Waals surface area contributed by atoms with Gasteiger partial charge >= 0.3 is 0 Å². The lowest BCUT2D eigenvalue weighted by Gasteiger charge is -2.26. The Morgan fingerprint density at radius 3 is 2.85 bits per heavy atom. The van der Waals surface area contributed by atoms with Crippen LogP contribution >= 0.6 is 11.8 Å². The number of amides is 1. The summed E-state index contributed by atoms with van der Waals surface area (Å²) < 4.78 is 5.31. The number of nitrogens with one attached hydrogen (secondary N) is 1. The largest absolute Gasteiger partial charge is 0.379 e. The van der Waals surface area contributed by atoms with Gasteiger partial charge in [-0.05, 0) is 17.9 Å². The smallest absolute Gasteiger partial charge is 0.252 e. The summed E-state index contributed by atoms with van der Waals surface area (Å²) >= 11 is 1.70. The molecule has 1 N–H and O–H groups in total. The van der Waals surface area contributed by atoms with Gasteiger partial charge in [-0.3, -0.25) is 9.69 Å². The second-order valence-electron chi connectivity index (χ2n) is 4.64. The van der Waals surface area contributed by atoms with Crippen LogP contribution in [0.2, 0.25) is 0 Å². The molecule has 1 saturated heterocycles. The van der Waals surface area contributed by atoms with Gasteiger partial charge in [0.15, 0.2) is 0 Å². The van der Waals surface area contributed by atoms with Crippen LogP contribution in [0.3, 0.4) is 0 Å². The minimum Gasteiger partial charge on any atom is -0.379 e. The van der Waals surface area contributed by atoms with Crippen LogP contribution in [0.15, 0.2) is 29.2 Å². The van der Waals surface area contributed by atoms with Gasteiger partial charge in [0.2, 0.25) is 0 Å². The van der Waals surface area contributed by atoms with Gasteiger partial charge in [-0.1, -0.05) is 19.1 Å². The van der Waals surface area contributed by atoms with Crippen molar-refractivity contribution in [1.82, 2.24) is 10.2 Å². The zero-order chi connectivity index (χ0) is 14.2. The number of ether oxygens (including phenoxy) is 1. The van der Waals surface area contributed by atoms with Crippen LogP contribution in [0, 0.1) is 0 Å². The minimum atomic E-state index is 0.0230. The SMILES string of the molecule is CCSc1ccccc1C(=O)NCCN1CCOCC1. The first-order valence-corrected chi connectivity index (χ1v) is 8.10. The first-order valence-electron chi connectivity index (χ1n) is 7.11. The Hall–Kier alpha value is -1.04. The summed E-state index contributed by atoms with van der Waals surface area (Å²) in [5.74, 6) is 0.993. The van der Waals surface area contributed by atoms with Gasteiger partial charge in [0.1, 0.15) is 0 Å². The second-order valence-corrected chi connectivity index (χ2v) is 5.94. The molecule has 0 spiro atoms. The van der Waals surface area contributed by atoms with E-state index in [1.807, 2.05) is 24.3 Å². The number of carbonyl (C=O) groups excluding carboxylic acids is 1. The molecule has 4 nitrogen and oxygen atoms in total. The Morgan fingerprint density at radius 1 is 1.35 bits per heavy atom. The summed E-state index contributed by atoms with van der Waals surface area (Å²) in [6, 6.07) is 7.78. The van der Waals surface area contributed by atoms with Crippen molar-refractivity contribution in [2.75, 3.05) is 45.1 Å². The summed E-state index contributed by atoms with van der Waals surface area (Å²) in [5.41, 5.74) is 0.779. The van der Waals surface area contributed by atoms with Gasteiger partial charge in [-0.2, -0.15) is 0 Å². The predicted octanol–water partition coefficient (Wildman–Crippen LogP) is 1.86. The number of morpholine rings is 1. The van der Waals surface area contributed by atoms with E-state index in [1.165, 1.54) is 0 Å². The molecule has 0 atom stereocenters. The molecule has 0 aliphatic carbocycles. The molecule has 1 fully saturated rings. The third kappa shape index (κ3) is 4.51. The Labute approximate surface area is 124 Å². The molecule has 2 rings (SSSR count). The summed E-state index contributed by atoms with van der Waals surface area (Å²) in [4.78, 5) is 15.6. The monoisotopic (exact) mass is 294 g/mol. The number of rotatable bonds is 6. The molecule has 1 amide bonds. The third-order valence-corrected chi connectivity index (χ3v) is 4.20. The second kappa shape index (κ2) is 8.29. The van der Waals surface area contributed by atoms with E-state index < -0.39 is 0 Å². The molecule has 1 aliphatic rings. The van der Waals surface area contributed by atoms with Crippen molar-refractivity contribution in [2.24, 2.45) is 0 Å². The maximum Gasteiger partial charge on any atom is 0.252 e. The molecule has 5 heteroatoms. The van der Waals surface area contributed by atoms with E-state index in [0.29, 0.717) is 6.54 Å². The first kappa shape index (κ1) is 15.4. The van der Waals surface area contributed by atoms with Crippen molar-refractivity contribution >= 4 is 17.7 Å². The van der Waals surface area contributed by atoms with E-state index in [1.54, 1.807) is 11.8 Å². The number of benzene rings is 1. The van der Waals surface area contributed by atoms with E-state index >= 15 is 0 Å². The molecule has 20 heavy (non-hydrogen) atoms. The third-order valence-electron chi connectivity index (χ3n) is 3.25. The highest BCUT2D eigenvalue weighted by atomic mass is 32.2. The molecule has 1 aliphatic heterocycles. The first-order chi connectivity index (χ1) is 9.81. The number of thioether (sulfide) groups is 1. The average molecular weight is 294 g/mol. The summed E-state index contributed by atoms with van der Waals surface area (Å²) in [7, 11) is 0. The van der Waals surface area contributed by atoms with Crippen LogP contribution in [0.4, 0.5) is 0 Å². The molecule has 1 aromatic carbocycles. The Bertz CT molecular complexity index is 434. The fourth-order valence-electron chi connectivity index (χ4n) is 2.18.